The molecule has 7 heteroatoms. The van der Waals surface area contributed by atoms with Crippen LogP contribution in [0.25, 0.3) is 10.8 Å². The number of hydrogen-bond acceptors (Lipinski definition) is 6. The van der Waals surface area contributed by atoms with Crippen LogP contribution in [0.2, 0.25) is 0 Å². The van der Waals surface area contributed by atoms with Crippen LogP contribution in [0.1, 0.15) is 41.3 Å². The second-order valence-corrected chi connectivity index (χ2v) is 8.65. The van der Waals surface area contributed by atoms with Crippen LogP contribution in [0.4, 0.5) is 0 Å². The normalized spacial score (nSPS) is 10.9. The standard InChI is InChI=1S/C31H30N2O5/c1-3-4-7-22-10-15-26(16-11-22)37-21-30(34)33-32-20-28-27-9-6-5-8-23(27)14-19-29(28)38-31(35)24-12-17-25(36-2)18-13-24/h5-6,8-20H,3-4,7,21H2,1-2H3,(H,33,34)/b32-20-. The lowest BCUT2D eigenvalue weighted by molar-refractivity contribution is -0.123. The molecule has 4 rings (SSSR count). The number of carbonyl (C=O) groups is 2. The Bertz CT molecular complexity index is 1410. The van der Waals surface area contributed by atoms with Crippen molar-refractivity contribution in [3.63, 3.8) is 0 Å². The maximum Gasteiger partial charge on any atom is 0.343 e. The van der Waals surface area contributed by atoms with E-state index < -0.39 is 11.9 Å². The number of nitrogens with one attached hydrogen (secondary N) is 1. The highest BCUT2D eigenvalue weighted by atomic mass is 16.5. The number of ether oxygens (including phenoxy) is 3. The van der Waals surface area contributed by atoms with E-state index in [-0.39, 0.29) is 6.61 Å². The molecule has 0 radical (unpaired) electrons. The monoisotopic (exact) mass is 510 g/mol. The summed E-state index contributed by atoms with van der Waals surface area (Å²) in [5.41, 5.74) is 4.67. The topological polar surface area (TPSA) is 86.2 Å². The van der Waals surface area contributed by atoms with Crippen LogP contribution in [0.15, 0.2) is 90.0 Å². The summed E-state index contributed by atoms with van der Waals surface area (Å²) in [6, 6.07) is 25.6. The van der Waals surface area contributed by atoms with E-state index in [0.717, 1.165) is 30.0 Å². The number of fused-ring (bicyclic) bond motifs is 1. The van der Waals surface area contributed by atoms with E-state index in [2.05, 4.69) is 17.5 Å². The fourth-order valence-electron chi connectivity index (χ4n) is 3.87. The van der Waals surface area contributed by atoms with Crippen molar-refractivity contribution < 1.29 is 23.8 Å². The van der Waals surface area contributed by atoms with Gasteiger partial charge in [-0.1, -0.05) is 55.8 Å². The second-order valence-electron chi connectivity index (χ2n) is 8.65. The zero-order chi connectivity index (χ0) is 26.7. The lowest BCUT2D eigenvalue weighted by atomic mass is 10.0. The van der Waals surface area contributed by atoms with Gasteiger partial charge in [-0.2, -0.15) is 5.10 Å². The number of unbranched alkanes of at least 4 members (excludes halogenated alkanes) is 1. The van der Waals surface area contributed by atoms with Crippen LogP contribution in [0.5, 0.6) is 17.2 Å². The zero-order valence-electron chi connectivity index (χ0n) is 21.5. The number of benzene rings is 4. The number of methoxy groups -OCH3 is 1. The summed E-state index contributed by atoms with van der Waals surface area (Å²) in [6.07, 6.45) is 4.78. The third-order valence-electron chi connectivity index (χ3n) is 5.95. The Balaban J connectivity index is 1.43. The van der Waals surface area contributed by atoms with Crippen molar-refractivity contribution in [2.75, 3.05) is 13.7 Å². The van der Waals surface area contributed by atoms with Crippen molar-refractivity contribution in [1.82, 2.24) is 5.43 Å². The van der Waals surface area contributed by atoms with E-state index in [0.29, 0.717) is 28.4 Å². The lowest BCUT2D eigenvalue weighted by Gasteiger charge is -2.11. The SMILES string of the molecule is CCCCc1ccc(OCC(=O)N/N=C\c2c(OC(=O)c3ccc(OC)cc3)ccc3ccccc23)cc1. The Morgan fingerprint density at radius 1 is 0.895 bits per heavy atom. The van der Waals surface area contributed by atoms with Gasteiger partial charge in [0.2, 0.25) is 0 Å². The van der Waals surface area contributed by atoms with E-state index in [9.17, 15) is 9.59 Å². The van der Waals surface area contributed by atoms with Gasteiger partial charge in [-0.25, -0.2) is 10.2 Å². The van der Waals surface area contributed by atoms with E-state index in [1.807, 2.05) is 54.6 Å². The maximum absolute atomic E-state index is 12.8. The summed E-state index contributed by atoms with van der Waals surface area (Å²) in [7, 11) is 1.56. The largest absolute Gasteiger partial charge is 0.497 e. The van der Waals surface area contributed by atoms with Crippen molar-refractivity contribution in [2.45, 2.75) is 26.2 Å². The first-order valence-electron chi connectivity index (χ1n) is 12.5. The van der Waals surface area contributed by atoms with E-state index in [4.69, 9.17) is 14.2 Å². The number of esters is 1. The van der Waals surface area contributed by atoms with Crippen LogP contribution in [-0.2, 0) is 11.2 Å². The lowest BCUT2D eigenvalue weighted by Crippen LogP contribution is -2.24. The average Bonchev–Trinajstić information content (AvgIpc) is 2.96. The van der Waals surface area contributed by atoms with Crippen LogP contribution in [0.3, 0.4) is 0 Å². The molecule has 0 aliphatic rings. The molecule has 1 N–H and O–H groups in total. The molecule has 0 bridgehead atoms. The van der Waals surface area contributed by atoms with Crippen LogP contribution in [0, 0.1) is 0 Å². The second kappa shape index (κ2) is 13.1. The molecule has 0 aliphatic carbocycles. The van der Waals surface area contributed by atoms with Crippen LogP contribution < -0.4 is 19.6 Å². The minimum atomic E-state index is -0.518. The molecule has 0 saturated heterocycles. The smallest absolute Gasteiger partial charge is 0.343 e. The molecule has 38 heavy (non-hydrogen) atoms. The van der Waals surface area contributed by atoms with Crippen molar-refractivity contribution in [2.24, 2.45) is 5.10 Å². The molecule has 0 aliphatic heterocycles. The zero-order valence-corrected chi connectivity index (χ0v) is 21.5. The Kier molecular flexibility index (Phi) is 9.07. The fourth-order valence-corrected chi connectivity index (χ4v) is 3.87. The van der Waals surface area contributed by atoms with Crippen molar-refractivity contribution in [3.05, 3.63) is 102 Å². The highest BCUT2D eigenvalue weighted by molar-refractivity contribution is 6.04. The molecular formula is C31H30N2O5. The van der Waals surface area contributed by atoms with Gasteiger partial charge in [0.25, 0.3) is 5.91 Å². The molecule has 7 nitrogen and oxygen atoms in total. The number of carbonyl (C=O) groups excluding carboxylic acids is 2. The molecule has 0 fully saturated rings. The first-order valence-corrected chi connectivity index (χ1v) is 12.5. The molecule has 0 unspecified atom stereocenters. The molecule has 4 aromatic carbocycles. The minimum Gasteiger partial charge on any atom is -0.497 e. The summed E-state index contributed by atoms with van der Waals surface area (Å²) in [6.45, 7) is 1.98. The molecule has 0 heterocycles. The summed E-state index contributed by atoms with van der Waals surface area (Å²) in [5, 5.41) is 5.87. The number of aryl methyl sites for hydroxylation is 1. The van der Waals surface area contributed by atoms with E-state index >= 15 is 0 Å². The fraction of sp³-hybridized carbons (Fsp3) is 0.194. The highest BCUT2D eigenvalue weighted by Crippen LogP contribution is 2.27. The number of hydrogen-bond donors (Lipinski definition) is 1. The third-order valence-corrected chi connectivity index (χ3v) is 5.95. The van der Waals surface area contributed by atoms with Gasteiger partial charge in [-0.15, -0.1) is 0 Å². The van der Waals surface area contributed by atoms with Crippen LogP contribution in [-0.4, -0.2) is 31.8 Å². The van der Waals surface area contributed by atoms with Gasteiger partial charge in [0.15, 0.2) is 6.61 Å². The Morgan fingerprint density at radius 3 is 2.37 bits per heavy atom. The highest BCUT2D eigenvalue weighted by Gasteiger charge is 2.14. The molecule has 4 aromatic rings. The molecule has 0 spiro atoms. The molecule has 0 atom stereocenters. The number of amides is 1. The maximum atomic E-state index is 12.8. The van der Waals surface area contributed by atoms with E-state index in [1.165, 1.54) is 11.8 Å². The van der Waals surface area contributed by atoms with Gasteiger partial charge in [0.1, 0.15) is 17.2 Å². The first kappa shape index (κ1) is 26.4. The quantitative estimate of drug-likeness (QED) is 0.117. The van der Waals surface area contributed by atoms with Gasteiger partial charge >= 0.3 is 5.97 Å². The number of rotatable bonds is 11. The summed E-state index contributed by atoms with van der Waals surface area (Å²) in [4.78, 5) is 25.1. The average molecular weight is 511 g/mol. The van der Waals surface area contributed by atoms with Gasteiger partial charge in [-0.3, -0.25) is 4.79 Å². The Hall–Kier alpha value is -4.65. The van der Waals surface area contributed by atoms with E-state index in [1.54, 1.807) is 37.4 Å². The molecule has 0 aromatic heterocycles. The number of hydrazone groups is 1. The van der Waals surface area contributed by atoms with Gasteiger partial charge in [-0.05, 0) is 71.6 Å². The molecular weight excluding hydrogens is 480 g/mol. The Morgan fingerprint density at radius 2 is 1.63 bits per heavy atom. The summed E-state index contributed by atoms with van der Waals surface area (Å²) < 4.78 is 16.4. The molecule has 0 saturated carbocycles. The van der Waals surface area contributed by atoms with Crippen LogP contribution >= 0.6 is 0 Å². The van der Waals surface area contributed by atoms with Gasteiger partial charge in [0.05, 0.1) is 18.9 Å². The Labute approximate surface area is 222 Å². The molecule has 1 amide bonds. The van der Waals surface area contributed by atoms with Gasteiger partial charge in [0, 0.05) is 5.56 Å². The van der Waals surface area contributed by atoms with Crippen molar-refractivity contribution >= 4 is 28.9 Å². The van der Waals surface area contributed by atoms with Gasteiger partial charge < -0.3 is 14.2 Å². The van der Waals surface area contributed by atoms with Crippen molar-refractivity contribution in [3.8, 4) is 17.2 Å². The summed E-state index contributed by atoms with van der Waals surface area (Å²) in [5.74, 6) is 0.654. The van der Waals surface area contributed by atoms with Crippen molar-refractivity contribution in [1.29, 1.82) is 0 Å². The summed E-state index contributed by atoms with van der Waals surface area (Å²) >= 11 is 0. The molecule has 194 valence electrons. The predicted octanol–water partition coefficient (Wildman–Crippen LogP) is 5.94. The third kappa shape index (κ3) is 6.97. The number of nitrogens with zero attached hydrogens (tertiary/aromatic N) is 1. The minimum absolute atomic E-state index is 0.180. The first-order chi connectivity index (χ1) is 18.6. The predicted molar refractivity (Wildman–Crippen MR) is 148 cm³/mol.